The van der Waals surface area contributed by atoms with Crippen LogP contribution in [0.2, 0.25) is 0 Å². The Labute approximate surface area is 215 Å². The molecule has 3 N–H and O–H groups in total. The van der Waals surface area contributed by atoms with Gasteiger partial charge in [-0.3, -0.25) is 14.4 Å². The Hall–Kier alpha value is -4.94. The number of aromatic nitrogens is 3. The molecule has 13 heteroatoms. The number of nitrogens with one attached hydrogen (secondary N) is 3. The number of nitrogens with zero attached hydrogens (tertiary/aromatic N) is 4. The highest BCUT2D eigenvalue weighted by molar-refractivity contribution is 5.96. The van der Waals surface area contributed by atoms with Crippen molar-refractivity contribution < 1.29 is 23.0 Å². The number of amides is 2. The molecule has 0 bridgehead atoms. The van der Waals surface area contributed by atoms with E-state index < -0.39 is 17.3 Å². The summed E-state index contributed by atoms with van der Waals surface area (Å²) in [6.45, 7) is 1.70. The summed E-state index contributed by atoms with van der Waals surface area (Å²) in [6, 6.07) is 11.2. The highest BCUT2D eigenvalue weighted by atomic mass is 19.1. The van der Waals surface area contributed by atoms with E-state index in [1.807, 2.05) is 4.90 Å². The van der Waals surface area contributed by atoms with E-state index in [0.29, 0.717) is 61.2 Å². The van der Waals surface area contributed by atoms with Crippen LogP contribution in [0.15, 0.2) is 68.8 Å². The predicted molar refractivity (Wildman–Crippen MR) is 134 cm³/mol. The van der Waals surface area contributed by atoms with E-state index >= 15 is 4.39 Å². The van der Waals surface area contributed by atoms with Gasteiger partial charge in [-0.15, -0.1) is 0 Å². The van der Waals surface area contributed by atoms with Gasteiger partial charge in [-0.1, -0.05) is 16.4 Å². The number of pyridine rings is 1. The average molecular weight is 522 g/mol. The molecule has 1 aliphatic rings. The molecule has 1 saturated heterocycles. The third-order valence-corrected chi connectivity index (χ3v) is 6.12. The van der Waals surface area contributed by atoms with E-state index in [9.17, 15) is 14.4 Å². The fraction of sp³-hybridized carbons (Fsp3) is 0.240. The number of anilines is 2. The van der Waals surface area contributed by atoms with Crippen molar-refractivity contribution >= 4 is 23.3 Å². The Morgan fingerprint density at radius 1 is 1.08 bits per heavy atom. The zero-order chi connectivity index (χ0) is 26.5. The normalized spacial score (nSPS) is 13.4. The molecule has 5 rings (SSSR count). The molecule has 0 saturated carbocycles. The van der Waals surface area contributed by atoms with Crippen LogP contribution < -0.4 is 21.1 Å². The van der Waals surface area contributed by atoms with Crippen molar-refractivity contribution in [3.05, 3.63) is 82.4 Å². The van der Waals surface area contributed by atoms with Gasteiger partial charge >= 0.3 is 0 Å². The van der Waals surface area contributed by atoms with Crippen LogP contribution in [0.25, 0.3) is 11.3 Å². The van der Waals surface area contributed by atoms with Gasteiger partial charge in [0.05, 0.1) is 18.8 Å². The first-order chi connectivity index (χ1) is 18.5. The smallest absolute Gasteiger partial charge is 0.260 e. The van der Waals surface area contributed by atoms with Crippen LogP contribution in [0.5, 0.6) is 0 Å². The number of H-pyrrole nitrogens is 1. The van der Waals surface area contributed by atoms with Crippen molar-refractivity contribution in [3.8, 4) is 11.3 Å². The Morgan fingerprint density at radius 2 is 1.92 bits per heavy atom. The summed E-state index contributed by atoms with van der Waals surface area (Å²) in [5.41, 5.74) is 0.915. The zero-order valence-electron chi connectivity index (χ0n) is 20.1. The molecule has 1 aromatic carbocycles. The Balaban J connectivity index is 1.13. The SMILES string of the molecule is O=C(NCC(=O)N1CCN(c2ccc(-c3cc(CNc4ccon4)on3)cc2F)CC1)c1ccc[nH]c1=O. The molecule has 1 fully saturated rings. The van der Waals surface area contributed by atoms with E-state index in [1.165, 1.54) is 30.7 Å². The van der Waals surface area contributed by atoms with Crippen LogP contribution in [0.3, 0.4) is 0 Å². The maximum atomic E-state index is 15.0. The Kier molecular flexibility index (Phi) is 7.15. The third-order valence-electron chi connectivity index (χ3n) is 6.12. The van der Waals surface area contributed by atoms with Crippen LogP contribution in [0, 0.1) is 5.82 Å². The fourth-order valence-corrected chi connectivity index (χ4v) is 4.10. The molecule has 1 aliphatic heterocycles. The minimum absolute atomic E-state index is 0.0610. The first kappa shape index (κ1) is 24.7. The van der Waals surface area contributed by atoms with Gasteiger partial charge in [0.2, 0.25) is 5.91 Å². The van der Waals surface area contributed by atoms with Crippen LogP contribution >= 0.6 is 0 Å². The summed E-state index contributed by atoms with van der Waals surface area (Å²) >= 11 is 0. The second-order valence-corrected chi connectivity index (χ2v) is 8.55. The molecular weight excluding hydrogens is 497 g/mol. The fourth-order valence-electron chi connectivity index (χ4n) is 4.10. The number of carbonyl (C=O) groups is 2. The van der Waals surface area contributed by atoms with Gasteiger partial charge in [-0.05, 0) is 24.3 Å². The maximum Gasteiger partial charge on any atom is 0.260 e. The monoisotopic (exact) mass is 521 g/mol. The summed E-state index contributed by atoms with van der Waals surface area (Å²) < 4.78 is 25.1. The van der Waals surface area contributed by atoms with Crippen molar-refractivity contribution in [2.75, 3.05) is 42.9 Å². The number of carbonyl (C=O) groups excluding carboxylic acids is 2. The summed E-state index contributed by atoms with van der Waals surface area (Å²) in [4.78, 5) is 42.3. The van der Waals surface area contributed by atoms with Gasteiger partial charge in [-0.25, -0.2) is 4.39 Å². The Bertz CT molecular complexity index is 1480. The second kappa shape index (κ2) is 11.0. The van der Waals surface area contributed by atoms with Crippen LogP contribution in [-0.4, -0.2) is 64.7 Å². The largest absolute Gasteiger partial charge is 0.366 e. The first-order valence-electron chi connectivity index (χ1n) is 11.9. The zero-order valence-corrected chi connectivity index (χ0v) is 20.1. The lowest BCUT2D eigenvalue weighted by Crippen LogP contribution is -2.51. The van der Waals surface area contributed by atoms with Gasteiger partial charge in [0.15, 0.2) is 11.6 Å². The molecule has 12 nitrogen and oxygen atoms in total. The summed E-state index contributed by atoms with van der Waals surface area (Å²) in [6.07, 6.45) is 2.87. The second-order valence-electron chi connectivity index (χ2n) is 8.55. The highest BCUT2D eigenvalue weighted by Gasteiger charge is 2.24. The van der Waals surface area contributed by atoms with Crippen LogP contribution in [0.4, 0.5) is 15.9 Å². The molecule has 3 aromatic heterocycles. The molecule has 2 amide bonds. The lowest BCUT2D eigenvalue weighted by atomic mass is 10.1. The van der Waals surface area contributed by atoms with Crippen molar-refractivity contribution in [1.29, 1.82) is 0 Å². The minimum Gasteiger partial charge on any atom is -0.366 e. The van der Waals surface area contributed by atoms with Gasteiger partial charge < -0.3 is 34.5 Å². The molecule has 0 radical (unpaired) electrons. The minimum atomic E-state index is -0.619. The number of piperazine rings is 1. The summed E-state index contributed by atoms with van der Waals surface area (Å²) in [5.74, 6) is -0.186. The third kappa shape index (κ3) is 5.56. The number of benzene rings is 1. The lowest BCUT2D eigenvalue weighted by Gasteiger charge is -2.36. The molecule has 0 aliphatic carbocycles. The van der Waals surface area contributed by atoms with E-state index in [2.05, 4.69) is 25.9 Å². The molecule has 4 heterocycles. The Morgan fingerprint density at radius 3 is 2.66 bits per heavy atom. The molecule has 0 atom stereocenters. The van der Waals surface area contributed by atoms with Gasteiger partial charge in [0.1, 0.15) is 23.3 Å². The number of rotatable bonds is 8. The van der Waals surface area contributed by atoms with Crippen LogP contribution in [0.1, 0.15) is 16.1 Å². The predicted octanol–water partition coefficient (Wildman–Crippen LogP) is 1.85. The van der Waals surface area contributed by atoms with E-state index in [0.717, 1.165) is 0 Å². The average Bonchev–Trinajstić information content (AvgIpc) is 3.63. The number of hydrogen-bond acceptors (Lipinski definition) is 9. The van der Waals surface area contributed by atoms with Crippen molar-refractivity contribution in [1.82, 2.24) is 25.5 Å². The van der Waals surface area contributed by atoms with Crippen LogP contribution in [-0.2, 0) is 11.3 Å². The van der Waals surface area contributed by atoms with E-state index in [4.69, 9.17) is 9.05 Å². The molecule has 38 heavy (non-hydrogen) atoms. The van der Waals surface area contributed by atoms with Crippen molar-refractivity contribution in [3.63, 3.8) is 0 Å². The van der Waals surface area contributed by atoms with Gasteiger partial charge in [0.25, 0.3) is 11.5 Å². The molecule has 0 spiro atoms. The number of hydrogen-bond donors (Lipinski definition) is 3. The van der Waals surface area contributed by atoms with Gasteiger partial charge in [-0.2, -0.15) is 0 Å². The topological polar surface area (TPSA) is 150 Å². The summed E-state index contributed by atoms with van der Waals surface area (Å²) in [5, 5.41) is 13.3. The first-order valence-corrected chi connectivity index (χ1v) is 11.9. The quantitative estimate of drug-likeness (QED) is 0.316. The van der Waals surface area contributed by atoms with Crippen molar-refractivity contribution in [2.24, 2.45) is 0 Å². The molecule has 0 unspecified atom stereocenters. The number of aromatic amines is 1. The van der Waals surface area contributed by atoms with E-state index in [1.54, 1.807) is 29.2 Å². The molecule has 4 aromatic rings. The summed E-state index contributed by atoms with van der Waals surface area (Å²) in [7, 11) is 0. The standard InChI is InChI=1S/C25H24FN7O5/c26-19-12-16(20-13-17(38-30-20)14-28-22-5-11-37-31-22)3-4-21(19)32-7-9-33(10-8-32)23(34)15-29-25(36)18-2-1-6-27-24(18)35/h1-6,11-13H,7-10,14-15H2,(H,27,35)(H,28,31)(H,29,36). The van der Waals surface area contributed by atoms with Crippen molar-refractivity contribution in [2.45, 2.75) is 6.54 Å². The van der Waals surface area contributed by atoms with E-state index in [-0.39, 0.29) is 18.0 Å². The molecular formula is C25H24FN7O5. The van der Waals surface area contributed by atoms with Gasteiger partial charge in [0, 0.05) is 50.1 Å². The maximum absolute atomic E-state index is 15.0. The number of halogens is 1. The molecule has 196 valence electrons. The lowest BCUT2D eigenvalue weighted by molar-refractivity contribution is -0.130. The highest BCUT2D eigenvalue weighted by Crippen LogP contribution is 2.27.